The smallest absolute Gasteiger partial charge is 0.226 e. The highest BCUT2D eigenvalue weighted by atomic mass is 32.2. The van der Waals surface area contributed by atoms with Gasteiger partial charge in [-0.1, -0.05) is 43.5 Å². The van der Waals surface area contributed by atoms with Gasteiger partial charge in [0.05, 0.1) is 6.42 Å². The zero-order valence-electron chi connectivity index (χ0n) is 14.7. The Morgan fingerprint density at radius 1 is 1.33 bits per heavy atom. The van der Waals surface area contributed by atoms with Crippen LogP contribution in [0.25, 0.3) is 0 Å². The highest BCUT2D eigenvalue weighted by Crippen LogP contribution is 2.39. The molecule has 1 fully saturated rings. The Morgan fingerprint density at radius 2 is 2.00 bits per heavy atom. The number of rotatable bonds is 9. The fourth-order valence-corrected chi connectivity index (χ4v) is 3.51. The fraction of sp³-hybridized carbons (Fsp3) is 0.381. The molecule has 0 spiro atoms. The molecular formula is C21H27NOS. The van der Waals surface area contributed by atoms with E-state index in [0.717, 1.165) is 22.8 Å². The average molecular weight is 342 g/mol. The number of carbonyl (C=O) groups excluding carboxylic acids is 1. The molecule has 0 radical (unpaired) electrons. The summed E-state index contributed by atoms with van der Waals surface area (Å²) in [6.45, 7) is 9.59. The van der Waals surface area contributed by atoms with Gasteiger partial charge >= 0.3 is 0 Å². The van der Waals surface area contributed by atoms with Gasteiger partial charge in [0.1, 0.15) is 0 Å². The third-order valence-electron chi connectivity index (χ3n) is 4.29. The van der Waals surface area contributed by atoms with Crippen molar-refractivity contribution in [3.8, 4) is 0 Å². The van der Waals surface area contributed by atoms with Crippen molar-refractivity contribution in [3.63, 3.8) is 0 Å². The van der Waals surface area contributed by atoms with Crippen molar-refractivity contribution < 1.29 is 4.79 Å². The molecule has 1 atom stereocenters. The van der Waals surface area contributed by atoms with E-state index < -0.39 is 0 Å². The van der Waals surface area contributed by atoms with Gasteiger partial charge < -0.3 is 4.90 Å². The molecule has 1 aromatic rings. The second kappa shape index (κ2) is 8.93. The lowest BCUT2D eigenvalue weighted by Gasteiger charge is -2.25. The van der Waals surface area contributed by atoms with Gasteiger partial charge in [-0.3, -0.25) is 4.79 Å². The van der Waals surface area contributed by atoms with Gasteiger partial charge in [-0.2, -0.15) is 0 Å². The quantitative estimate of drug-likeness (QED) is 0.588. The molecule has 0 saturated heterocycles. The Hall–Kier alpha value is -1.74. The largest absolute Gasteiger partial charge is 0.342 e. The van der Waals surface area contributed by atoms with Crippen molar-refractivity contribution >= 4 is 17.7 Å². The number of thioether (sulfide) groups is 1. The van der Waals surface area contributed by atoms with Gasteiger partial charge in [0.15, 0.2) is 0 Å². The van der Waals surface area contributed by atoms with Crippen LogP contribution in [0.1, 0.15) is 31.7 Å². The Bertz CT molecular complexity index is 613. The van der Waals surface area contributed by atoms with E-state index in [0.29, 0.717) is 6.42 Å². The van der Waals surface area contributed by atoms with Crippen molar-refractivity contribution in [2.75, 3.05) is 7.05 Å². The third kappa shape index (κ3) is 5.72. The number of amides is 1. The van der Waals surface area contributed by atoms with Gasteiger partial charge in [0, 0.05) is 23.2 Å². The predicted octanol–water partition coefficient (Wildman–Crippen LogP) is 5.02. The van der Waals surface area contributed by atoms with E-state index in [1.165, 1.54) is 17.7 Å². The van der Waals surface area contributed by atoms with Crippen LogP contribution in [0.15, 0.2) is 66.1 Å². The monoisotopic (exact) mass is 341 g/mol. The summed E-state index contributed by atoms with van der Waals surface area (Å²) in [4.78, 5) is 15.6. The van der Waals surface area contributed by atoms with E-state index in [4.69, 9.17) is 0 Å². The van der Waals surface area contributed by atoms with Gasteiger partial charge in [0.25, 0.3) is 0 Å². The van der Waals surface area contributed by atoms with Crippen molar-refractivity contribution in [3.05, 3.63) is 66.8 Å². The topological polar surface area (TPSA) is 20.3 Å². The SMILES string of the molecule is C=C/C=C(\C=C)C[C@@H](C)N(C)C(=O)Cc1ccc(SC2CC2)cc1. The summed E-state index contributed by atoms with van der Waals surface area (Å²) >= 11 is 1.94. The molecule has 128 valence electrons. The molecule has 0 aromatic heterocycles. The van der Waals surface area contributed by atoms with Gasteiger partial charge in [0.2, 0.25) is 5.91 Å². The summed E-state index contributed by atoms with van der Waals surface area (Å²) in [5.74, 6) is 0.145. The minimum absolute atomic E-state index is 0.131. The summed E-state index contributed by atoms with van der Waals surface area (Å²) in [5.41, 5.74) is 2.17. The molecule has 2 rings (SSSR count). The second-order valence-electron chi connectivity index (χ2n) is 6.38. The number of carbonyl (C=O) groups is 1. The molecule has 0 bridgehead atoms. The number of hydrogen-bond donors (Lipinski definition) is 0. The van der Waals surface area contributed by atoms with Crippen LogP contribution in [-0.2, 0) is 11.2 Å². The van der Waals surface area contributed by atoms with Gasteiger partial charge in [-0.05, 0) is 49.5 Å². The fourth-order valence-electron chi connectivity index (χ4n) is 2.46. The lowest BCUT2D eigenvalue weighted by molar-refractivity contribution is -0.130. The minimum atomic E-state index is 0.131. The Kier molecular flexibility index (Phi) is 6.92. The first-order chi connectivity index (χ1) is 11.5. The molecule has 0 aliphatic heterocycles. The van der Waals surface area contributed by atoms with E-state index in [9.17, 15) is 4.79 Å². The van der Waals surface area contributed by atoms with Crippen LogP contribution in [0, 0.1) is 0 Å². The lowest BCUT2D eigenvalue weighted by atomic mass is 10.0. The Labute approximate surface area is 150 Å². The summed E-state index contributed by atoms with van der Waals surface area (Å²) in [6.07, 6.45) is 9.43. The van der Waals surface area contributed by atoms with Crippen LogP contribution in [0.5, 0.6) is 0 Å². The lowest BCUT2D eigenvalue weighted by Crippen LogP contribution is -2.36. The first-order valence-corrected chi connectivity index (χ1v) is 9.36. The highest BCUT2D eigenvalue weighted by molar-refractivity contribution is 8.00. The predicted molar refractivity (Wildman–Crippen MR) is 104 cm³/mol. The first kappa shape index (κ1) is 18.6. The maximum atomic E-state index is 12.5. The molecule has 2 nitrogen and oxygen atoms in total. The Morgan fingerprint density at radius 3 is 2.54 bits per heavy atom. The molecule has 0 unspecified atom stereocenters. The molecule has 1 aliphatic carbocycles. The number of nitrogens with zero attached hydrogens (tertiary/aromatic N) is 1. The number of allylic oxidation sites excluding steroid dienone is 3. The van der Waals surface area contributed by atoms with Crippen molar-refractivity contribution in [2.24, 2.45) is 0 Å². The van der Waals surface area contributed by atoms with Gasteiger partial charge in [-0.25, -0.2) is 0 Å². The maximum Gasteiger partial charge on any atom is 0.226 e. The normalized spacial score (nSPS) is 15.7. The summed E-state index contributed by atoms with van der Waals surface area (Å²) in [5, 5.41) is 0.812. The summed E-state index contributed by atoms with van der Waals surface area (Å²) < 4.78 is 0. The van der Waals surface area contributed by atoms with E-state index in [-0.39, 0.29) is 11.9 Å². The Balaban J connectivity index is 1.88. The first-order valence-electron chi connectivity index (χ1n) is 8.48. The molecule has 0 heterocycles. The molecule has 3 heteroatoms. The van der Waals surface area contributed by atoms with Crippen LogP contribution < -0.4 is 0 Å². The van der Waals surface area contributed by atoms with Crippen LogP contribution in [0.4, 0.5) is 0 Å². The second-order valence-corrected chi connectivity index (χ2v) is 7.75. The minimum Gasteiger partial charge on any atom is -0.342 e. The third-order valence-corrected chi connectivity index (χ3v) is 5.63. The maximum absolute atomic E-state index is 12.5. The molecule has 1 aliphatic rings. The van der Waals surface area contributed by atoms with Gasteiger partial charge in [-0.15, -0.1) is 11.8 Å². The van der Waals surface area contributed by atoms with Crippen molar-refractivity contribution in [2.45, 2.75) is 48.8 Å². The van der Waals surface area contributed by atoms with Crippen LogP contribution >= 0.6 is 11.8 Å². The number of hydrogen-bond acceptors (Lipinski definition) is 2. The molecule has 0 N–H and O–H groups in total. The van der Waals surface area contributed by atoms with E-state index in [1.807, 2.05) is 35.9 Å². The van der Waals surface area contributed by atoms with Crippen LogP contribution in [-0.4, -0.2) is 29.1 Å². The molecule has 1 amide bonds. The van der Waals surface area contributed by atoms with E-state index >= 15 is 0 Å². The average Bonchev–Trinajstić information content (AvgIpc) is 3.39. The number of benzene rings is 1. The molecule has 24 heavy (non-hydrogen) atoms. The van der Waals surface area contributed by atoms with E-state index in [2.05, 4.69) is 44.3 Å². The van der Waals surface area contributed by atoms with Crippen molar-refractivity contribution in [1.82, 2.24) is 4.90 Å². The standard InChI is InChI=1S/C21H27NOS/c1-5-7-17(6-2)14-16(3)22(4)21(23)15-18-8-10-19(11-9-18)24-20-12-13-20/h5-11,16,20H,1-2,12-15H2,3-4H3/b17-7+/t16-/m1/s1. The summed E-state index contributed by atoms with van der Waals surface area (Å²) in [7, 11) is 1.87. The molecular weight excluding hydrogens is 314 g/mol. The number of likely N-dealkylation sites (N-methyl/N-ethyl adjacent to an activating group) is 1. The zero-order valence-corrected chi connectivity index (χ0v) is 15.5. The van der Waals surface area contributed by atoms with Crippen LogP contribution in [0.3, 0.4) is 0 Å². The summed E-state index contributed by atoms with van der Waals surface area (Å²) in [6, 6.07) is 8.56. The van der Waals surface area contributed by atoms with Crippen LogP contribution in [0.2, 0.25) is 0 Å². The highest BCUT2D eigenvalue weighted by Gasteiger charge is 2.22. The molecule has 1 saturated carbocycles. The van der Waals surface area contributed by atoms with E-state index in [1.54, 1.807) is 6.08 Å². The zero-order chi connectivity index (χ0) is 17.5. The molecule has 1 aromatic carbocycles. The van der Waals surface area contributed by atoms with Crippen molar-refractivity contribution in [1.29, 1.82) is 0 Å².